The third-order valence-corrected chi connectivity index (χ3v) is 4.98. The van der Waals surface area contributed by atoms with Crippen molar-refractivity contribution in [3.05, 3.63) is 10.6 Å². The predicted molar refractivity (Wildman–Crippen MR) is 95.4 cm³/mol. The monoisotopic (exact) mass is 311 g/mol. The Balaban J connectivity index is 2.89. The molecular formula is C17H33N3S. The zero-order chi connectivity index (χ0) is 15.8. The van der Waals surface area contributed by atoms with Crippen LogP contribution in [0.2, 0.25) is 0 Å². The fourth-order valence-corrected chi connectivity index (χ4v) is 3.70. The second-order valence-electron chi connectivity index (χ2n) is 6.20. The number of aryl methyl sites for hydroxylation is 1. The van der Waals surface area contributed by atoms with Crippen LogP contribution in [0.5, 0.6) is 0 Å². The molecule has 0 aliphatic carbocycles. The van der Waals surface area contributed by atoms with E-state index in [1.54, 1.807) is 0 Å². The maximum Gasteiger partial charge on any atom is 0.186 e. The van der Waals surface area contributed by atoms with E-state index in [0.29, 0.717) is 12.0 Å². The van der Waals surface area contributed by atoms with Crippen LogP contribution in [-0.4, -0.2) is 24.1 Å². The zero-order valence-electron chi connectivity index (χ0n) is 14.7. The van der Waals surface area contributed by atoms with Gasteiger partial charge in [-0.2, -0.15) is 0 Å². The summed E-state index contributed by atoms with van der Waals surface area (Å²) in [5, 5.41) is 4.71. The molecular weight excluding hydrogens is 278 g/mol. The van der Waals surface area contributed by atoms with Crippen molar-refractivity contribution in [2.45, 2.75) is 73.4 Å². The van der Waals surface area contributed by atoms with E-state index in [2.05, 4.69) is 51.8 Å². The Hall–Kier alpha value is -0.610. The molecule has 0 spiro atoms. The molecule has 0 aliphatic rings. The maximum atomic E-state index is 4.86. The molecule has 0 saturated carbocycles. The molecule has 0 saturated heterocycles. The van der Waals surface area contributed by atoms with Gasteiger partial charge in [0.1, 0.15) is 0 Å². The lowest BCUT2D eigenvalue weighted by atomic mass is 10.1. The predicted octanol–water partition coefficient (Wildman–Crippen LogP) is 4.60. The fraction of sp³-hybridized carbons (Fsp3) is 0.824. The highest BCUT2D eigenvalue weighted by molar-refractivity contribution is 7.15. The second-order valence-corrected chi connectivity index (χ2v) is 7.26. The third kappa shape index (κ3) is 5.59. The van der Waals surface area contributed by atoms with Gasteiger partial charge in [0.25, 0.3) is 0 Å². The summed E-state index contributed by atoms with van der Waals surface area (Å²) >= 11 is 1.87. The molecule has 1 aromatic heterocycles. The molecule has 4 heteroatoms. The minimum absolute atomic E-state index is 0.606. The average Bonchev–Trinajstić information content (AvgIpc) is 2.80. The first kappa shape index (κ1) is 18.4. The highest BCUT2D eigenvalue weighted by Gasteiger charge is 2.21. The van der Waals surface area contributed by atoms with Crippen molar-refractivity contribution < 1.29 is 0 Å². The number of rotatable bonds is 10. The number of aromatic nitrogens is 1. The van der Waals surface area contributed by atoms with Gasteiger partial charge in [0.2, 0.25) is 0 Å². The van der Waals surface area contributed by atoms with Crippen molar-refractivity contribution in [2.75, 3.05) is 18.0 Å². The van der Waals surface area contributed by atoms with Gasteiger partial charge in [-0.25, -0.2) is 4.98 Å². The Morgan fingerprint density at radius 1 is 1.19 bits per heavy atom. The van der Waals surface area contributed by atoms with Gasteiger partial charge in [-0.3, -0.25) is 0 Å². The van der Waals surface area contributed by atoms with Gasteiger partial charge in [-0.05, 0) is 38.6 Å². The molecule has 1 N–H and O–H groups in total. The zero-order valence-corrected chi connectivity index (χ0v) is 15.5. The first-order chi connectivity index (χ1) is 10.0. The molecule has 0 unspecified atom stereocenters. The Labute approximate surface area is 135 Å². The van der Waals surface area contributed by atoms with Gasteiger partial charge in [0, 0.05) is 24.0 Å². The molecule has 1 heterocycles. The van der Waals surface area contributed by atoms with Gasteiger partial charge in [-0.15, -0.1) is 11.3 Å². The van der Waals surface area contributed by atoms with Crippen LogP contribution in [0.15, 0.2) is 0 Å². The number of anilines is 1. The fourth-order valence-electron chi connectivity index (χ4n) is 2.58. The summed E-state index contributed by atoms with van der Waals surface area (Å²) in [6.07, 6.45) is 3.55. The molecule has 0 aliphatic heterocycles. The first-order valence-corrected chi connectivity index (χ1v) is 9.28. The van der Waals surface area contributed by atoms with Crippen LogP contribution in [-0.2, 0) is 6.54 Å². The molecule has 3 nitrogen and oxygen atoms in total. The van der Waals surface area contributed by atoms with E-state index < -0.39 is 0 Å². The highest BCUT2D eigenvalue weighted by atomic mass is 32.1. The smallest absolute Gasteiger partial charge is 0.186 e. The highest BCUT2D eigenvalue weighted by Crippen LogP contribution is 2.29. The molecule has 1 aromatic rings. The van der Waals surface area contributed by atoms with Gasteiger partial charge >= 0.3 is 0 Å². The topological polar surface area (TPSA) is 28.2 Å². The Kier molecular flexibility index (Phi) is 8.27. The number of thiazole rings is 1. The molecule has 0 aromatic carbocycles. The Morgan fingerprint density at radius 2 is 1.86 bits per heavy atom. The summed E-state index contributed by atoms with van der Waals surface area (Å²) in [4.78, 5) is 8.78. The lowest BCUT2D eigenvalue weighted by Crippen LogP contribution is -2.37. The second kappa shape index (κ2) is 9.42. The van der Waals surface area contributed by atoms with Crippen LogP contribution < -0.4 is 10.2 Å². The first-order valence-electron chi connectivity index (χ1n) is 8.46. The van der Waals surface area contributed by atoms with Crippen molar-refractivity contribution in [1.29, 1.82) is 0 Å². The standard InChI is InChI=1S/C17H33N3S/c1-7-10-18-11-16-14(6)19-17(21-16)20(12-13(4)5)15(8-2)9-3/h13,15,18H,7-12H2,1-6H3. The SMILES string of the molecule is CCCNCc1sc(N(CC(C)C)C(CC)CC)nc1C. The molecule has 0 radical (unpaired) electrons. The van der Waals surface area contributed by atoms with E-state index >= 15 is 0 Å². The van der Waals surface area contributed by atoms with Gasteiger partial charge in [0.05, 0.1) is 5.69 Å². The quantitative estimate of drug-likeness (QED) is 0.640. The van der Waals surface area contributed by atoms with Crippen molar-refractivity contribution >= 4 is 16.5 Å². The Bertz CT molecular complexity index is 397. The normalized spacial score (nSPS) is 11.6. The minimum atomic E-state index is 0.606. The summed E-state index contributed by atoms with van der Waals surface area (Å²) in [5.74, 6) is 0.663. The number of nitrogens with zero attached hydrogens (tertiary/aromatic N) is 2. The van der Waals surface area contributed by atoms with E-state index in [4.69, 9.17) is 4.98 Å². The summed E-state index contributed by atoms with van der Waals surface area (Å²) < 4.78 is 0. The molecule has 1 rings (SSSR count). The summed E-state index contributed by atoms with van der Waals surface area (Å²) in [6.45, 7) is 16.6. The average molecular weight is 312 g/mol. The summed E-state index contributed by atoms with van der Waals surface area (Å²) in [7, 11) is 0. The van der Waals surface area contributed by atoms with E-state index in [-0.39, 0.29) is 0 Å². The van der Waals surface area contributed by atoms with Crippen molar-refractivity contribution in [3.63, 3.8) is 0 Å². The van der Waals surface area contributed by atoms with E-state index in [9.17, 15) is 0 Å². The van der Waals surface area contributed by atoms with Crippen LogP contribution >= 0.6 is 11.3 Å². The molecule has 0 fully saturated rings. The van der Waals surface area contributed by atoms with E-state index in [0.717, 1.165) is 19.6 Å². The summed E-state index contributed by atoms with van der Waals surface area (Å²) in [5.41, 5.74) is 1.19. The maximum absolute atomic E-state index is 4.86. The summed E-state index contributed by atoms with van der Waals surface area (Å²) in [6, 6.07) is 0.606. The van der Waals surface area contributed by atoms with Gasteiger partial charge in [0.15, 0.2) is 5.13 Å². The lowest BCUT2D eigenvalue weighted by Gasteiger charge is -2.31. The van der Waals surface area contributed by atoms with Crippen molar-refractivity contribution in [3.8, 4) is 0 Å². The van der Waals surface area contributed by atoms with Crippen molar-refractivity contribution in [2.24, 2.45) is 5.92 Å². The largest absolute Gasteiger partial charge is 0.345 e. The number of hydrogen-bond donors (Lipinski definition) is 1. The van der Waals surface area contributed by atoms with Crippen LogP contribution in [0.3, 0.4) is 0 Å². The molecule has 0 bridgehead atoms. The van der Waals surface area contributed by atoms with E-state index in [1.807, 2.05) is 11.3 Å². The van der Waals surface area contributed by atoms with Crippen LogP contribution in [0.4, 0.5) is 5.13 Å². The third-order valence-electron chi connectivity index (χ3n) is 3.78. The van der Waals surface area contributed by atoms with Gasteiger partial charge in [-0.1, -0.05) is 34.6 Å². The number of hydrogen-bond acceptors (Lipinski definition) is 4. The molecule has 0 amide bonds. The van der Waals surface area contributed by atoms with Crippen LogP contribution in [0.25, 0.3) is 0 Å². The van der Waals surface area contributed by atoms with E-state index in [1.165, 1.54) is 35.0 Å². The minimum Gasteiger partial charge on any atom is -0.345 e. The molecule has 0 atom stereocenters. The number of nitrogens with one attached hydrogen (secondary N) is 1. The van der Waals surface area contributed by atoms with Crippen LogP contribution in [0, 0.1) is 12.8 Å². The van der Waals surface area contributed by atoms with Crippen LogP contribution in [0.1, 0.15) is 64.5 Å². The molecule has 122 valence electrons. The van der Waals surface area contributed by atoms with Crippen molar-refractivity contribution in [1.82, 2.24) is 10.3 Å². The van der Waals surface area contributed by atoms with Gasteiger partial charge < -0.3 is 10.2 Å². The Morgan fingerprint density at radius 3 is 2.38 bits per heavy atom. The lowest BCUT2D eigenvalue weighted by molar-refractivity contribution is 0.506. The molecule has 21 heavy (non-hydrogen) atoms.